The quantitative estimate of drug-likeness (QED) is 0.353. The number of hydrogen-bond donors (Lipinski definition) is 1. The molecule has 260 valence electrons. The fourth-order valence-electron chi connectivity index (χ4n) is 4.58. The maximum atomic E-state index is 12.3. The number of benzene rings is 2. The van der Waals surface area contributed by atoms with Gasteiger partial charge < -0.3 is 19.3 Å². The molecule has 0 aliphatic carbocycles. The molecule has 0 saturated carbocycles. The van der Waals surface area contributed by atoms with Crippen LogP contribution in [0.5, 0.6) is 0 Å². The molecule has 2 amide bonds. The first kappa shape index (κ1) is 38.4. The first-order valence-corrected chi connectivity index (χ1v) is 18.4. The molecule has 2 aromatic rings. The number of nitrogens with zero attached hydrogens (tertiary/aromatic N) is 3. The van der Waals surface area contributed by atoms with E-state index in [9.17, 15) is 18.0 Å². The molecule has 47 heavy (non-hydrogen) atoms. The summed E-state index contributed by atoms with van der Waals surface area (Å²) in [4.78, 5) is 27.7. The van der Waals surface area contributed by atoms with Gasteiger partial charge in [0.1, 0.15) is 24.2 Å². The number of nitrogens with one attached hydrogen (secondary N) is 1. The summed E-state index contributed by atoms with van der Waals surface area (Å²) < 4.78 is 41.9. The molecule has 12 heteroatoms. The standard InChI is InChI=1S/C18H28N2O3S.C17H24N2O3S/c1-17(2,3)24(22)19-18(4)10-12-20(13-11-18)16(21)23-14-15-8-6-5-7-9-15;1-17(2,3)23(21)18-15-9-11-19(12-10-15)16(20)22-13-14-7-5-4-6-8-14/h5-9,19H,10-14H2,1-4H3;4-8H,9-13H2,1-3H3. The molecule has 2 unspecified atom stereocenters. The molecule has 0 aromatic heterocycles. The SMILES string of the molecule is CC(C)(C)S(=O)N=C1CCN(C(=O)OCc2ccccc2)CC1.CC1(NS(=O)C(C)(C)C)CCN(C(=O)OCc2ccccc2)CC1. The molecule has 10 nitrogen and oxygen atoms in total. The molecule has 0 spiro atoms. The van der Waals surface area contributed by atoms with Gasteiger partial charge in [-0.15, -0.1) is 0 Å². The molecule has 2 saturated heterocycles. The Labute approximate surface area is 285 Å². The summed E-state index contributed by atoms with van der Waals surface area (Å²) in [5.41, 5.74) is 2.66. The van der Waals surface area contributed by atoms with Crippen molar-refractivity contribution < 1.29 is 27.5 Å². The maximum absolute atomic E-state index is 12.3. The minimum absolute atomic E-state index is 0.214. The van der Waals surface area contributed by atoms with E-state index in [4.69, 9.17) is 9.47 Å². The van der Waals surface area contributed by atoms with E-state index in [1.807, 2.05) is 102 Å². The van der Waals surface area contributed by atoms with E-state index in [0.29, 0.717) is 45.6 Å². The zero-order chi connectivity index (χ0) is 34.7. The lowest BCUT2D eigenvalue weighted by Crippen LogP contribution is -2.55. The lowest BCUT2D eigenvalue weighted by Gasteiger charge is -2.40. The Hall–Kier alpha value is -3.09. The molecule has 2 atom stereocenters. The van der Waals surface area contributed by atoms with Crippen LogP contribution in [0, 0.1) is 0 Å². The van der Waals surface area contributed by atoms with E-state index < -0.39 is 22.0 Å². The minimum Gasteiger partial charge on any atom is -0.445 e. The van der Waals surface area contributed by atoms with Gasteiger partial charge in [-0.2, -0.15) is 4.40 Å². The molecule has 0 bridgehead atoms. The Balaban J connectivity index is 0.000000256. The van der Waals surface area contributed by atoms with E-state index in [2.05, 4.69) is 16.0 Å². The van der Waals surface area contributed by atoms with Crippen molar-refractivity contribution >= 4 is 39.9 Å². The van der Waals surface area contributed by atoms with Crippen molar-refractivity contribution in [2.45, 2.75) is 102 Å². The molecule has 1 N–H and O–H groups in total. The number of piperidine rings is 2. The van der Waals surface area contributed by atoms with Gasteiger partial charge >= 0.3 is 12.2 Å². The smallest absolute Gasteiger partial charge is 0.410 e. The van der Waals surface area contributed by atoms with Crippen LogP contribution in [0.2, 0.25) is 0 Å². The molecule has 2 aliphatic heterocycles. The second kappa shape index (κ2) is 17.3. The van der Waals surface area contributed by atoms with Gasteiger partial charge in [-0.05, 0) is 72.4 Å². The van der Waals surface area contributed by atoms with Crippen LogP contribution in [0.1, 0.15) is 85.3 Å². The molecule has 2 aliphatic rings. The topological polar surface area (TPSA) is 118 Å². The number of ether oxygens (including phenoxy) is 2. The normalized spacial score (nSPS) is 17.9. The first-order valence-electron chi connectivity index (χ1n) is 16.2. The summed E-state index contributed by atoms with van der Waals surface area (Å²) in [5.74, 6) is 0. The Morgan fingerprint density at radius 1 is 0.745 bits per heavy atom. The largest absolute Gasteiger partial charge is 0.445 e. The molecule has 4 rings (SSSR count). The third-order valence-electron chi connectivity index (χ3n) is 7.77. The van der Waals surface area contributed by atoms with Gasteiger partial charge in [0, 0.05) is 50.3 Å². The second-order valence-electron chi connectivity index (χ2n) is 14.1. The number of rotatable bonds is 7. The van der Waals surface area contributed by atoms with Crippen LogP contribution < -0.4 is 4.72 Å². The van der Waals surface area contributed by atoms with E-state index in [-0.39, 0.29) is 33.8 Å². The molecule has 2 heterocycles. The van der Waals surface area contributed by atoms with Crippen LogP contribution in [-0.2, 0) is 44.7 Å². The Bertz CT molecular complexity index is 1370. The van der Waals surface area contributed by atoms with Gasteiger partial charge in [0.05, 0.1) is 20.5 Å². The number of likely N-dealkylation sites (tertiary alicyclic amines) is 2. The van der Waals surface area contributed by atoms with Crippen LogP contribution in [0.3, 0.4) is 0 Å². The van der Waals surface area contributed by atoms with Crippen molar-refractivity contribution in [2.75, 3.05) is 26.2 Å². The van der Waals surface area contributed by atoms with E-state index in [1.165, 1.54) is 0 Å². The summed E-state index contributed by atoms with van der Waals surface area (Å²) >= 11 is 0. The highest BCUT2D eigenvalue weighted by molar-refractivity contribution is 7.85. The molecule has 2 fully saturated rings. The first-order chi connectivity index (χ1) is 22.1. The summed E-state index contributed by atoms with van der Waals surface area (Å²) in [7, 11) is -2.34. The van der Waals surface area contributed by atoms with Crippen LogP contribution in [-0.4, -0.2) is 77.3 Å². The predicted molar refractivity (Wildman–Crippen MR) is 190 cm³/mol. The summed E-state index contributed by atoms with van der Waals surface area (Å²) in [5, 5.41) is 0. The zero-order valence-corrected chi connectivity index (χ0v) is 30.6. The molecule has 2 aromatic carbocycles. The third-order valence-corrected chi connectivity index (χ3v) is 11.0. The van der Waals surface area contributed by atoms with Crippen LogP contribution in [0.4, 0.5) is 9.59 Å². The lowest BCUT2D eigenvalue weighted by molar-refractivity contribution is 0.0785. The van der Waals surface area contributed by atoms with Crippen LogP contribution in [0.25, 0.3) is 0 Å². The molecular formula is C35H52N4O6S2. The van der Waals surface area contributed by atoms with E-state index in [1.54, 1.807) is 9.80 Å². The maximum Gasteiger partial charge on any atom is 0.410 e. The Morgan fingerprint density at radius 3 is 1.57 bits per heavy atom. The van der Waals surface area contributed by atoms with Gasteiger partial charge in [-0.3, -0.25) is 0 Å². The highest BCUT2D eigenvalue weighted by Crippen LogP contribution is 2.25. The summed E-state index contributed by atoms with van der Waals surface area (Å²) in [6, 6.07) is 19.3. The second-order valence-corrected chi connectivity index (χ2v) is 18.0. The van der Waals surface area contributed by atoms with Gasteiger partial charge in [0.25, 0.3) is 0 Å². The minimum atomic E-state index is -1.23. The number of hydrogen-bond acceptors (Lipinski definition) is 6. The monoisotopic (exact) mass is 688 g/mol. The average molecular weight is 689 g/mol. The van der Waals surface area contributed by atoms with Crippen molar-refractivity contribution in [1.29, 1.82) is 0 Å². The number of amides is 2. The van der Waals surface area contributed by atoms with E-state index in [0.717, 1.165) is 29.7 Å². The summed E-state index contributed by atoms with van der Waals surface area (Å²) in [6.45, 7) is 16.6. The van der Waals surface area contributed by atoms with Gasteiger partial charge in [0.2, 0.25) is 0 Å². The number of carbonyl (C=O) groups excluding carboxylic acids is 2. The van der Waals surface area contributed by atoms with Crippen molar-refractivity contribution in [3.05, 3.63) is 71.8 Å². The fourth-order valence-corrected chi connectivity index (χ4v) is 6.22. The molecular weight excluding hydrogens is 637 g/mol. The van der Waals surface area contributed by atoms with Gasteiger partial charge in [0.15, 0.2) is 0 Å². The average Bonchev–Trinajstić information content (AvgIpc) is 3.03. The highest BCUT2D eigenvalue weighted by Gasteiger charge is 2.36. The van der Waals surface area contributed by atoms with Gasteiger partial charge in [-0.25, -0.2) is 22.7 Å². The summed E-state index contributed by atoms with van der Waals surface area (Å²) in [6.07, 6.45) is 2.25. The third kappa shape index (κ3) is 13.1. The lowest BCUT2D eigenvalue weighted by atomic mass is 9.91. The van der Waals surface area contributed by atoms with E-state index >= 15 is 0 Å². The Kier molecular flexibility index (Phi) is 14.2. The number of carbonyl (C=O) groups is 2. The van der Waals surface area contributed by atoms with Crippen LogP contribution in [0.15, 0.2) is 65.1 Å². The Morgan fingerprint density at radius 2 is 1.17 bits per heavy atom. The van der Waals surface area contributed by atoms with Crippen molar-refractivity contribution in [1.82, 2.24) is 14.5 Å². The highest BCUT2D eigenvalue weighted by atomic mass is 32.2. The van der Waals surface area contributed by atoms with Gasteiger partial charge in [-0.1, -0.05) is 60.7 Å². The van der Waals surface area contributed by atoms with Crippen LogP contribution >= 0.6 is 0 Å². The zero-order valence-electron chi connectivity index (χ0n) is 29.0. The fraction of sp³-hybridized carbons (Fsp3) is 0.571. The van der Waals surface area contributed by atoms with Crippen molar-refractivity contribution in [3.63, 3.8) is 0 Å². The molecule has 0 radical (unpaired) electrons. The predicted octanol–water partition coefficient (Wildman–Crippen LogP) is 6.55. The van der Waals surface area contributed by atoms with Crippen molar-refractivity contribution in [2.24, 2.45) is 4.40 Å². The van der Waals surface area contributed by atoms with Crippen molar-refractivity contribution in [3.8, 4) is 0 Å².